The highest BCUT2D eigenvalue weighted by Gasteiger charge is 2.41. The van der Waals surface area contributed by atoms with Crippen LogP contribution in [0.5, 0.6) is 5.75 Å². The Morgan fingerprint density at radius 2 is 1.76 bits per heavy atom. The number of imidazole rings is 2. The molecule has 58 heavy (non-hydrogen) atoms. The maximum atomic E-state index is 13.9. The first kappa shape index (κ1) is 39.2. The van der Waals surface area contributed by atoms with Gasteiger partial charge in [0.15, 0.2) is 0 Å². The minimum absolute atomic E-state index is 0.126. The number of ether oxygens (including phenoxy) is 4. The van der Waals surface area contributed by atoms with E-state index in [0.717, 1.165) is 80.0 Å². The number of nitrogens with zero attached hydrogens (tertiary/aromatic N) is 4. The van der Waals surface area contributed by atoms with Gasteiger partial charge >= 0.3 is 12.2 Å². The van der Waals surface area contributed by atoms with E-state index in [1.807, 2.05) is 51.8 Å². The fourth-order valence-electron chi connectivity index (χ4n) is 8.77. The fourth-order valence-corrected chi connectivity index (χ4v) is 8.77. The summed E-state index contributed by atoms with van der Waals surface area (Å²) in [6, 6.07) is 13.5. The largest absolute Gasteiger partial charge is 0.488 e. The van der Waals surface area contributed by atoms with Crippen molar-refractivity contribution in [2.24, 2.45) is 17.8 Å². The minimum atomic E-state index is -0.715. The van der Waals surface area contributed by atoms with Gasteiger partial charge in [-0.25, -0.2) is 19.6 Å². The zero-order valence-electron chi connectivity index (χ0n) is 34.5. The van der Waals surface area contributed by atoms with E-state index < -0.39 is 17.7 Å². The number of H-pyrrole nitrogens is 2. The molecular formula is C44H53N7O7. The predicted octanol–water partition coefficient (Wildman–Crippen LogP) is 7.90. The van der Waals surface area contributed by atoms with Gasteiger partial charge in [-0.3, -0.25) is 9.69 Å². The quantitative estimate of drug-likeness (QED) is 0.142. The van der Waals surface area contributed by atoms with Crippen molar-refractivity contribution >= 4 is 39.9 Å². The van der Waals surface area contributed by atoms with Crippen LogP contribution in [0.3, 0.4) is 0 Å². The number of fused-ring (bicyclic) bond motifs is 6. The van der Waals surface area contributed by atoms with E-state index in [1.54, 1.807) is 12.0 Å². The molecule has 5 heterocycles. The van der Waals surface area contributed by atoms with E-state index in [0.29, 0.717) is 26.3 Å². The van der Waals surface area contributed by atoms with Crippen LogP contribution in [0.1, 0.15) is 83.7 Å². The third kappa shape index (κ3) is 7.45. The van der Waals surface area contributed by atoms with Crippen molar-refractivity contribution in [1.29, 1.82) is 0 Å². The summed E-state index contributed by atoms with van der Waals surface area (Å²) in [6.45, 7) is 13.6. The second kappa shape index (κ2) is 15.3. The monoisotopic (exact) mass is 791 g/mol. The highest BCUT2D eigenvalue weighted by molar-refractivity contribution is 6.07. The zero-order valence-corrected chi connectivity index (χ0v) is 34.5. The number of carbonyl (C=O) groups is 3. The molecule has 0 bridgehead atoms. The smallest absolute Gasteiger partial charge is 0.410 e. The number of amides is 3. The number of methoxy groups -OCH3 is 2. The lowest BCUT2D eigenvalue weighted by Gasteiger charge is -2.30. The summed E-state index contributed by atoms with van der Waals surface area (Å²) in [5, 5.41) is 4.72. The Balaban J connectivity index is 1.05. The van der Waals surface area contributed by atoms with Gasteiger partial charge in [-0.15, -0.1) is 0 Å². The van der Waals surface area contributed by atoms with Gasteiger partial charge in [0, 0.05) is 37.1 Å². The number of carbonyl (C=O) groups excluding carboxylic acids is 3. The first-order valence-corrected chi connectivity index (χ1v) is 20.1. The van der Waals surface area contributed by atoms with Crippen LogP contribution >= 0.6 is 0 Å². The van der Waals surface area contributed by atoms with Crippen LogP contribution in [0.15, 0.2) is 48.7 Å². The molecule has 3 N–H and O–H groups in total. The molecule has 3 amide bonds. The van der Waals surface area contributed by atoms with Crippen LogP contribution in [0.25, 0.3) is 44.2 Å². The third-order valence-corrected chi connectivity index (χ3v) is 11.5. The average Bonchev–Trinajstić information content (AvgIpc) is 4.00. The summed E-state index contributed by atoms with van der Waals surface area (Å²) in [5.74, 6) is 2.39. The van der Waals surface area contributed by atoms with E-state index in [1.165, 1.54) is 7.11 Å². The van der Waals surface area contributed by atoms with Gasteiger partial charge in [0.2, 0.25) is 5.91 Å². The standard InChI is InChI=1S/C44H53N7O7/c1-23(2)37(49-42(53)56-8)41(52)50-19-24(3)13-34(50)40-46-32-12-10-26-16-31-29-11-9-27(15-28(29)22-57-36(31)17-30(26)38(32)48-40)33-18-45-39(47-33)35-14-25(21-55-7)20-51(35)43(54)58-44(4,5)6/h9-12,15-18,23-25,34-35,37H,13-14,19-22H2,1-8H3,(H,45,47)(H,46,48)(H,49,53)/t24-,25-,34-,35-,37-/m0/s1. The Morgan fingerprint density at radius 1 is 0.966 bits per heavy atom. The molecule has 0 radical (unpaired) electrons. The van der Waals surface area contributed by atoms with Crippen LogP contribution < -0.4 is 10.1 Å². The van der Waals surface area contributed by atoms with Crippen molar-refractivity contribution < 1.29 is 33.3 Å². The number of benzene rings is 3. The number of hydrogen-bond donors (Lipinski definition) is 3. The number of likely N-dealkylation sites (tertiary alicyclic amines) is 2. The van der Waals surface area contributed by atoms with Crippen molar-refractivity contribution in [2.45, 2.75) is 84.7 Å². The Kier molecular flexibility index (Phi) is 10.3. The summed E-state index contributed by atoms with van der Waals surface area (Å²) in [6.07, 6.45) is 2.32. The molecule has 3 aliphatic heterocycles. The number of aromatic nitrogens is 4. The highest BCUT2D eigenvalue weighted by Crippen LogP contribution is 2.44. The lowest BCUT2D eigenvalue weighted by atomic mass is 9.92. The highest BCUT2D eigenvalue weighted by atomic mass is 16.6. The van der Waals surface area contributed by atoms with Gasteiger partial charge in [0.1, 0.15) is 35.6 Å². The summed E-state index contributed by atoms with van der Waals surface area (Å²) in [7, 11) is 2.98. The van der Waals surface area contributed by atoms with Crippen LogP contribution in [0.2, 0.25) is 0 Å². The molecule has 14 heteroatoms. The topological polar surface area (TPSA) is 164 Å². The van der Waals surface area contributed by atoms with Crippen molar-refractivity contribution in [3.8, 4) is 28.1 Å². The molecule has 2 aromatic heterocycles. The summed E-state index contributed by atoms with van der Waals surface area (Å²) in [5.41, 5.74) is 6.07. The zero-order chi connectivity index (χ0) is 41.0. The normalized spacial score (nSPS) is 20.9. The Hall–Kier alpha value is -5.63. The van der Waals surface area contributed by atoms with Gasteiger partial charge in [0.25, 0.3) is 0 Å². The number of nitrogens with one attached hydrogen (secondary N) is 3. The molecule has 5 aromatic rings. The number of alkyl carbamates (subject to hydrolysis) is 1. The van der Waals surface area contributed by atoms with Crippen LogP contribution in [0, 0.1) is 17.8 Å². The van der Waals surface area contributed by atoms with Crippen molar-refractivity contribution in [3.63, 3.8) is 0 Å². The summed E-state index contributed by atoms with van der Waals surface area (Å²) >= 11 is 0. The maximum Gasteiger partial charge on any atom is 0.410 e. The second-order valence-electron chi connectivity index (χ2n) is 17.4. The first-order chi connectivity index (χ1) is 27.7. The molecule has 5 atom stereocenters. The summed E-state index contributed by atoms with van der Waals surface area (Å²) < 4.78 is 22.4. The number of rotatable bonds is 8. The van der Waals surface area contributed by atoms with Crippen molar-refractivity contribution in [2.75, 3.05) is 33.9 Å². The molecule has 3 aromatic carbocycles. The molecule has 0 saturated carbocycles. The van der Waals surface area contributed by atoms with E-state index in [-0.39, 0.29) is 41.8 Å². The SMILES string of the molecule is COC[C@H]1C[C@@H](c2ncc(-c3ccc4c(c3)COc3cc5c(ccc6[nH]c([C@@H]7C[C@H](C)CN7C(=O)[C@@H](NC(=O)OC)C(C)C)nc65)cc3-4)[nH]2)N(C(=O)OC(C)(C)C)C1. The predicted molar refractivity (Wildman–Crippen MR) is 219 cm³/mol. The molecular weight excluding hydrogens is 739 g/mol. The Morgan fingerprint density at radius 3 is 2.50 bits per heavy atom. The Labute approximate surface area is 338 Å². The maximum absolute atomic E-state index is 13.9. The first-order valence-electron chi connectivity index (χ1n) is 20.1. The molecule has 0 unspecified atom stereocenters. The van der Waals surface area contributed by atoms with Gasteiger partial charge in [0.05, 0.1) is 48.7 Å². The van der Waals surface area contributed by atoms with Gasteiger partial charge in [-0.2, -0.15) is 0 Å². The Bertz CT molecular complexity index is 2380. The lowest BCUT2D eigenvalue weighted by molar-refractivity contribution is -0.135. The number of hydrogen-bond acceptors (Lipinski definition) is 9. The van der Waals surface area contributed by atoms with Gasteiger partial charge < -0.3 is 39.1 Å². The van der Waals surface area contributed by atoms with E-state index >= 15 is 0 Å². The van der Waals surface area contributed by atoms with E-state index in [2.05, 4.69) is 58.6 Å². The van der Waals surface area contributed by atoms with Crippen LogP contribution in [0.4, 0.5) is 9.59 Å². The minimum Gasteiger partial charge on any atom is -0.488 e. The second-order valence-corrected chi connectivity index (χ2v) is 17.4. The molecule has 2 saturated heterocycles. The summed E-state index contributed by atoms with van der Waals surface area (Å²) in [4.78, 5) is 59.7. The van der Waals surface area contributed by atoms with Crippen molar-refractivity contribution in [3.05, 3.63) is 65.9 Å². The molecule has 0 spiro atoms. The van der Waals surface area contributed by atoms with Crippen LogP contribution in [-0.2, 0) is 25.6 Å². The van der Waals surface area contributed by atoms with E-state index in [9.17, 15) is 14.4 Å². The third-order valence-electron chi connectivity index (χ3n) is 11.5. The molecule has 3 aliphatic rings. The van der Waals surface area contributed by atoms with Gasteiger partial charge in [-0.1, -0.05) is 39.0 Å². The fraction of sp³-hybridized carbons (Fsp3) is 0.477. The van der Waals surface area contributed by atoms with Crippen molar-refractivity contribution in [1.82, 2.24) is 35.1 Å². The lowest BCUT2D eigenvalue weighted by Crippen LogP contribution is -2.51. The molecule has 306 valence electrons. The molecule has 14 nitrogen and oxygen atoms in total. The molecule has 2 fully saturated rings. The molecule has 0 aliphatic carbocycles. The van der Waals surface area contributed by atoms with Gasteiger partial charge in [-0.05, 0) is 91.8 Å². The van der Waals surface area contributed by atoms with E-state index in [4.69, 9.17) is 28.9 Å². The van der Waals surface area contributed by atoms with Crippen LogP contribution in [-0.4, -0.2) is 93.4 Å². The average molecular weight is 792 g/mol. The molecule has 8 rings (SSSR count). The number of aromatic amines is 2.